The molecule has 9 heteroatoms. The number of benzene rings is 2. The number of nitrogens with zero attached hydrogens (tertiary/aromatic N) is 1. The topological polar surface area (TPSA) is 102 Å². The maximum Gasteiger partial charge on any atom is 0.338 e. The zero-order valence-electron chi connectivity index (χ0n) is 18.0. The van der Waals surface area contributed by atoms with Crippen molar-refractivity contribution in [1.82, 2.24) is 4.31 Å². The van der Waals surface area contributed by atoms with E-state index >= 15 is 0 Å². The van der Waals surface area contributed by atoms with Gasteiger partial charge in [0.2, 0.25) is 15.9 Å². The SMILES string of the molecule is CCCCOC(=O)c1ccc(NC(=O)CN(C)S(=O)(=O)c2ccc(OCC)cc2)cc1. The summed E-state index contributed by atoms with van der Waals surface area (Å²) in [6, 6.07) is 12.2. The lowest BCUT2D eigenvalue weighted by Gasteiger charge is -2.17. The van der Waals surface area contributed by atoms with Gasteiger partial charge in [0.1, 0.15) is 5.75 Å². The first-order valence-corrected chi connectivity index (χ1v) is 11.5. The van der Waals surface area contributed by atoms with Crippen molar-refractivity contribution < 1.29 is 27.5 Å². The van der Waals surface area contributed by atoms with Crippen molar-refractivity contribution >= 4 is 27.6 Å². The van der Waals surface area contributed by atoms with Gasteiger partial charge in [-0.2, -0.15) is 4.31 Å². The average Bonchev–Trinajstić information content (AvgIpc) is 2.75. The van der Waals surface area contributed by atoms with E-state index in [-0.39, 0.29) is 11.4 Å². The lowest BCUT2D eigenvalue weighted by Crippen LogP contribution is -2.34. The smallest absolute Gasteiger partial charge is 0.338 e. The third kappa shape index (κ3) is 7.08. The summed E-state index contributed by atoms with van der Waals surface area (Å²) < 4.78 is 36.8. The molecular weight excluding hydrogens is 420 g/mol. The summed E-state index contributed by atoms with van der Waals surface area (Å²) in [6.45, 7) is 4.32. The fraction of sp³-hybridized carbons (Fsp3) is 0.364. The molecule has 0 unspecified atom stereocenters. The van der Waals surface area contributed by atoms with Gasteiger partial charge >= 0.3 is 5.97 Å². The summed E-state index contributed by atoms with van der Waals surface area (Å²) in [5.41, 5.74) is 0.825. The molecular formula is C22H28N2O6S. The van der Waals surface area contributed by atoms with Crippen LogP contribution < -0.4 is 10.1 Å². The van der Waals surface area contributed by atoms with Crippen molar-refractivity contribution in [1.29, 1.82) is 0 Å². The number of anilines is 1. The standard InChI is InChI=1S/C22H28N2O6S/c1-4-6-15-30-22(26)17-7-9-18(10-8-17)23-21(25)16-24(3)31(27,28)20-13-11-19(12-14-20)29-5-2/h7-14H,4-6,15-16H2,1-3H3,(H,23,25). The van der Waals surface area contributed by atoms with Crippen LogP contribution in [0.25, 0.3) is 0 Å². The molecule has 168 valence electrons. The molecule has 0 spiro atoms. The van der Waals surface area contributed by atoms with Crippen LogP contribution in [0.2, 0.25) is 0 Å². The maximum absolute atomic E-state index is 12.7. The summed E-state index contributed by atoms with van der Waals surface area (Å²) in [7, 11) is -2.50. The predicted octanol–water partition coefficient (Wildman–Crippen LogP) is 3.30. The molecule has 2 aromatic carbocycles. The second-order valence-electron chi connectivity index (χ2n) is 6.78. The molecule has 0 saturated carbocycles. The molecule has 0 saturated heterocycles. The van der Waals surface area contributed by atoms with Gasteiger partial charge in [0.05, 0.1) is 30.2 Å². The zero-order valence-corrected chi connectivity index (χ0v) is 18.8. The molecule has 0 atom stereocenters. The van der Waals surface area contributed by atoms with E-state index in [2.05, 4.69) is 5.32 Å². The maximum atomic E-state index is 12.7. The van der Waals surface area contributed by atoms with Crippen molar-refractivity contribution in [2.45, 2.75) is 31.6 Å². The van der Waals surface area contributed by atoms with Gasteiger partial charge in [0, 0.05) is 12.7 Å². The first kappa shape index (κ1) is 24.4. The quantitative estimate of drug-likeness (QED) is 0.418. The van der Waals surface area contributed by atoms with Crippen molar-refractivity contribution in [2.24, 2.45) is 0 Å². The van der Waals surface area contributed by atoms with Gasteiger partial charge in [0.15, 0.2) is 0 Å². The molecule has 1 N–H and O–H groups in total. The minimum Gasteiger partial charge on any atom is -0.494 e. The van der Waals surface area contributed by atoms with Gasteiger partial charge in [-0.05, 0) is 61.9 Å². The number of nitrogens with one attached hydrogen (secondary N) is 1. The first-order valence-electron chi connectivity index (χ1n) is 10.0. The fourth-order valence-corrected chi connectivity index (χ4v) is 3.75. The molecule has 0 bridgehead atoms. The number of sulfonamides is 1. The summed E-state index contributed by atoms with van der Waals surface area (Å²) >= 11 is 0. The van der Waals surface area contributed by atoms with E-state index in [1.807, 2.05) is 13.8 Å². The Labute approximate surface area is 183 Å². The fourth-order valence-electron chi connectivity index (χ4n) is 2.62. The first-order chi connectivity index (χ1) is 14.8. The number of carbonyl (C=O) groups is 2. The minimum absolute atomic E-state index is 0.0668. The van der Waals surface area contributed by atoms with E-state index in [4.69, 9.17) is 9.47 Å². The van der Waals surface area contributed by atoms with Gasteiger partial charge in [-0.25, -0.2) is 13.2 Å². The van der Waals surface area contributed by atoms with E-state index in [0.29, 0.717) is 30.2 Å². The van der Waals surface area contributed by atoms with Crippen LogP contribution in [0.5, 0.6) is 5.75 Å². The molecule has 0 aliphatic rings. The number of unbranched alkanes of at least 4 members (excludes halogenated alkanes) is 1. The van der Waals surface area contributed by atoms with Gasteiger partial charge in [-0.1, -0.05) is 13.3 Å². The molecule has 8 nitrogen and oxygen atoms in total. The van der Waals surface area contributed by atoms with Crippen LogP contribution in [-0.2, 0) is 19.6 Å². The monoisotopic (exact) mass is 448 g/mol. The zero-order chi connectivity index (χ0) is 22.9. The number of esters is 1. The molecule has 0 fully saturated rings. The highest BCUT2D eigenvalue weighted by Crippen LogP contribution is 2.19. The summed E-state index contributed by atoms with van der Waals surface area (Å²) in [5, 5.41) is 2.62. The Bertz CT molecular complexity index is 972. The van der Waals surface area contributed by atoms with Crippen LogP contribution in [0.1, 0.15) is 37.0 Å². The van der Waals surface area contributed by atoms with E-state index in [1.54, 1.807) is 36.4 Å². The lowest BCUT2D eigenvalue weighted by atomic mass is 10.2. The van der Waals surface area contributed by atoms with Crippen molar-refractivity contribution in [3.63, 3.8) is 0 Å². The minimum atomic E-state index is -3.83. The molecule has 0 aromatic heterocycles. The van der Waals surface area contributed by atoms with Crippen molar-refractivity contribution in [3.05, 3.63) is 54.1 Å². The van der Waals surface area contributed by atoms with E-state index in [9.17, 15) is 18.0 Å². The second-order valence-corrected chi connectivity index (χ2v) is 8.83. The molecule has 1 amide bonds. The molecule has 2 rings (SSSR count). The summed E-state index contributed by atoms with van der Waals surface area (Å²) in [6.07, 6.45) is 1.73. The second kappa shape index (κ2) is 11.5. The Morgan fingerprint density at radius 1 is 1.00 bits per heavy atom. The number of hydrogen-bond acceptors (Lipinski definition) is 6. The van der Waals surface area contributed by atoms with Gasteiger partial charge in [-0.3, -0.25) is 4.79 Å². The number of likely N-dealkylation sites (N-methyl/N-ethyl adjacent to an activating group) is 1. The third-order valence-corrected chi connectivity index (χ3v) is 6.16. The van der Waals surface area contributed by atoms with Crippen LogP contribution >= 0.6 is 0 Å². The predicted molar refractivity (Wildman–Crippen MR) is 118 cm³/mol. The molecule has 0 aliphatic heterocycles. The third-order valence-electron chi connectivity index (χ3n) is 4.34. The van der Waals surface area contributed by atoms with E-state index < -0.39 is 21.9 Å². The number of carbonyl (C=O) groups excluding carboxylic acids is 2. The van der Waals surface area contributed by atoms with Gasteiger partial charge in [0.25, 0.3) is 0 Å². The highest BCUT2D eigenvalue weighted by atomic mass is 32.2. The normalized spacial score (nSPS) is 11.2. The Hall–Kier alpha value is -2.91. The van der Waals surface area contributed by atoms with Crippen molar-refractivity contribution in [2.75, 3.05) is 32.1 Å². The highest BCUT2D eigenvalue weighted by molar-refractivity contribution is 7.89. The number of hydrogen-bond donors (Lipinski definition) is 1. The van der Waals surface area contributed by atoms with Crippen LogP contribution in [0.4, 0.5) is 5.69 Å². The number of amides is 1. The average molecular weight is 449 g/mol. The number of rotatable bonds is 11. The largest absolute Gasteiger partial charge is 0.494 e. The molecule has 2 aromatic rings. The van der Waals surface area contributed by atoms with E-state index in [1.165, 1.54) is 19.2 Å². The Balaban J connectivity index is 1.94. The van der Waals surface area contributed by atoms with Gasteiger partial charge in [-0.15, -0.1) is 0 Å². The Morgan fingerprint density at radius 2 is 1.65 bits per heavy atom. The van der Waals surface area contributed by atoms with Crippen LogP contribution in [0.15, 0.2) is 53.4 Å². The highest BCUT2D eigenvalue weighted by Gasteiger charge is 2.23. The Kier molecular flexibility index (Phi) is 9.02. The summed E-state index contributed by atoms with van der Waals surface area (Å²) in [5.74, 6) is -0.359. The summed E-state index contributed by atoms with van der Waals surface area (Å²) in [4.78, 5) is 24.3. The van der Waals surface area contributed by atoms with Crippen LogP contribution in [0, 0.1) is 0 Å². The molecule has 0 aliphatic carbocycles. The van der Waals surface area contributed by atoms with Crippen LogP contribution in [0.3, 0.4) is 0 Å². The van der Waals surface area contributed by atoms with Crippen LogP contribution in [-0.4, -0.2) is 51.4 Å². The Morgan fingerprint density at radius 3 is 2.23 bits per heavy atom. The molecule has 31 heavy (non-hydrogen) atoms. The van der Waals surface area contributed by atoms with Crippen molar-refractivity contribution in [3.8, 4) is 5.75 Å². The van der Waals surface area contributed by atoms with Gasteiger partial charge < -0.3 is 14.8 Å². The molecule has 0 heterocycles. The van der Waals surface area contributed by atoms with E-state index in [0.717, 1.165) is 17.1 Å². The lowest BCUT2D eigenvalue weighted by molar-refractivity contribution is -0.116. The number of ether oxygens (including phenoxy) is 2. The molecule has 0 radical (unpaired) electrons.